The second-order valence-electron chi connectivity index (χ2n) is 8.48. The van der Waals surface area contributed by atoms with Gasteiger partial charge in [0.2, 0.25) is 0 Å². The SMILES string of the molecule is c1ccc(-c2ccc3c4c(c5ccccc5c(-c5ccccc5)c24)-c2ccccc2-3)cc1. The minimum atomic E-state index is 1.26. The van der Waals surface area contributed by atoms with Crippen molar-refractivity contribution in [1.82, 2.24) is 0 Å². The molecule has 0 aromatic heterocycles. The molecule has 7 rings (SSSR count). The van der Waals surface area contributed by atoms with Crippen molar-refractivity contribution in [2.45, 2.75) is 0 Å². The highest BCUT2D eigenvalue weighted by molar-refractivity contribution is 6.31. The first-order valence-electron chi connectivity index (χ1n) is 11.1. The lowest BCUT2D eigenvalue weighted by atomic mass is 9.84. The van der Waals surface area contributed by atoms with Crippen molar-refractivity contribution < 1.29 is 0 Å². The van der Waals surface area contributed by atoms with Gasteiger partial charge in [0.05, 0.1) is 0 Å². The molecular formula is C32H20. The lowest BCUT2D eigenvalue weighted by Crippen LogP contribution is -1.91. The molecule has 0 aliphatic heterocycles. The molecule has 0 saturated heterocycles. The predicted molar refractivity (Wildman–Crippen MR) is 137 cm³/mol. The first-order chi connectivity index (χ1) is 15.9. The first-order valence-corrected chi connectivity index (χ1v) is 11.1. The summed E-state index contributed by atoms with van der Waals surface area (Å²) in [5, 5.41) is 5.37. The zero-order chi connectivity index (χ0) is 21.1. The summed E-state index contributed by atoms with van der Waals surface area (Å²) in [4.78, 5) is 0. The van der Waals surface area contributed by atoms with Crippen LogP contribution < -0.4 is 0 Å². The minimum Gasteiger partial charge on any atom is -0.0622 e. The highest BCUT2D eigenvalue weighted by Crippen LogP contribution is 2.55. The Morgan fingerprint density at radius 1 is 0.281 bits per heavy atom. The third-order valence-electron chi connectivity index (χ3n) is 6.80. The highest BCUT2D eigenvalue weighted by atomic mass is 14.3. The quantitative estimate of drug-likeness (QED) is 0.252. The van der Waals surface area contributed by atoms with Gasteiger partial charge in [0.1, 0.15) is 0 Å². The lowest BCUT2D eigenvalue weighted by Gasteiger charge is -2.18. The molecular weight excluding hydrogens is 384 g/mol. The Morgan fingerprint density at radius 2 is 0.781 bits per heavy atom. The molecule has 0 heterocycles. The zero-order valence-corrected chi connectivity index (χ0v) is 17.5. The van der Waals surface area contributed by atoms with Crippen LogP contribution in [0.3, 0.4) is 0 Å². The van der Waals surface area contributed by atoms with Crippen LogP contribution in [0, 0.1) is 0 Å². The summed E-state index contributed by atoms with van der Waals surface area (Å²) >= 11 is 0. The zero-order valence-electron chi connectivity index (χ0n) is 17.5. The molecule has 0 atom stereocenters. The Balaban J connectivity index is 1.79. The maximum Gasteiger partial charge on any atom is -0.000742 e. The molecule has 0 bridgehead atoms. The van der Waals surface area contributed by atoms with Gasteiger partial charge in [-0.05, 0) is 66.1 Å². The largest absolute Gasteiger partial charge is 0.0622 e. The minimum absolute atomic E-state index is 1.26. The van der Waals surface area contributed by atoms with E-state index in [9.17, 15) is 0 Å². The molecule has 0 radical (unpaired) electrons. The maximum atomic E-state index is 2.32. The molecule has 6 aromatic carbocycles. The van der Waals surface area contributed by atoms with Gasteiger partial charge in [-0.25, -0.2) is 0 Å². The van der Waals surface area contributed by atoms with E-state index in [1.165, 1.54) is 66.1 Å². The fraction of sp³-hybridized carbons (Fsp3) is 0. The Labute approximate surface area is 187 Å². The summed E-state index contributed by atoms with van der Waals surface area (Å²) in [5.74, 6) is 0. The number of hydrogen-bond acceptors (Lipinski definition) is 0. The summed E-state index contributed by atoms with van der Waals surface area (Å²) in [7, 11) is 0. The van der Waals surface area contributed by atoms with E-state index in [2.05, 4.69) is 121 Å². The Kier molecular flexibility index (Phi) is 3.65. The molecule has 6 aromatic rings. The molecule has 1 aliphatic carbocycles. The molecule has 148 valence electrons. The second kappa shape index (κ2) is 6.67. The van der Waals surface area contributed by atoms with Gasteiger partial charge in [-0.1, -0.05) is 121 Å². The molecule has 0 nitrogen and oxygen atoms in total. The third-order valence-corrected chi connectivity index (χ3v) is 6.80. The number of rotatable bonds is 2. The molecule has 0 amide bonds. The van der Waals surface area contributed by atoms with Crippen LogP contribution in [0.15, 0.2) is 121 Å². The van der Waals surface area contributed by atoms with E-state index in [1.54, 1.807) is 0 Å². The number of fused-ring (bicyclic) bond motifs is 5. The molecule has 0 spiro atoms. The van der Waals surface area contributed by atoms with Gasteiger partial charge in [0.15, 0.2) is 0 Å². The van der Waals surface area contributed by atoms with Crippen molar-refractivity contribution in [2.75, 3.05) is 0 Å². The molecule has 0 N–H and O–H groups in total. The average molecular weight is 405 g/mol. The molecule has 0 fully saturated rings. The highest BCUT2D eigenvalue weighted by Gasteiger charge is 2.27. The predicted octanol–water partition coefficient (Wildman–Crippen LogP) is 8.97. The Hall–Kier alpha value is -4.16. The van der Waals surface area contributed by atoms with Crippen molar-refractivity contribution >= 4 is 21.5 Å². The van der Waals surface area contributed by atoms with Crippen molar-refractivity contribution in [1.29, 1.82) is 0 Å². The fourth-order valence-electron chi connectivity index (χ4n) is 5.51. The van der Waals surface area contributed by atoms with Crippen LogP contribution >= 0.6 is 0 Å². The van der Waals surface area contributed by atoms with Gasteiger partial charge in [-0.15, -0.1) is 0 Å². The maximum absolute atomic E-state index is 2.32. The van der Waals surface area contributed by atoms with Crippen molar-refractivity contribution in [3.63, 3.8) is 0 Å². The van der Waals surface area contributed by atoms with Gasteiger partial charge >= 0.3 is 0 Å². The van der Waals surface area contributed by atoms with Crippen LogP contribution in [0.5, 0.6) is 0 Å². The van der Waals surface area contributed by atoms with Crippen molar-refractivity contribution in [3.8, 4) is 44.5 Å². The second-order valence-corrected chi connectivity index (χ2v) is 8.48. The number of benzene rings is 6. The van der Waals surface area contributed by atoms with E-state index in [-0.39, 0.29) is 0 Å². The van der Waals surface area contributed by atoms with Crippen LogP contribution in [-0.4, -0.2) is 0 Å². The summed E-state index contributed by atoms with van der Waals surface area (Å²) in [6, 6.07) is 44.1. The molecule has 32 heavy (non-hydrogen) atoms. The van der Waals surface area contributed by atoms with Crippen molar-refractivity contribution in [2.24, 2.45) is 0 Å². The van der Waals surface area contributed by atoms with Crippen LogP contribution in [0.4, 0.5) is 0 Å². The van der Waals surface area contributed by atoms with Gasteiger partial charge in [0.25, 0.3) is 0 Å². The van der Waals surface area contributed by atoms with E-state index in [4.69, 9.17) is 0 Å². The monoisotopic (exact) mass is 404 g/mol. The van der Waals surface area contributed by atoms with Gasteiger partial charge in [0, 0.05) is 0 Å². The molecule has 0 unspecified atom stereocenters. The Morgan fingerprint density at radius 3 is 1.50 bits per heavy atom. The van der Waals surface area contributed by atoms with E-state index in [0.29, 0.717) is 0 Å². The van der Waals surface area contributed by atoms with E-state index in [0.717, 1.165) is 0 Å². The summed E-state index contributed by atoms with van der Waals surface area (Å²) in [6.07, 6.45) is 0. The molecule has 0 saturated carbocycles. The van der Waals surface area contributed by atoms with E-state index >= 15 is 0 Å². The van der Waals surface area contributed by atoms with Gasteiger partial charge < -0.3 is 0 Å². The fourth-order valence-corrected chi connectivity index (χ4v) is 5.51. The smallest absolute Gasteiger partial charge is 0.000742 e. The first kappa shape index (κ1) is 17.5. The molecule has 1 aliphatic rings. The third kappa shape index (κ3) is 2.32. The number of hydrogen-bond donors (Lipinski definition) is 0. The average Bonchev–Trinajstić information content (AvgIpc) is 3.21. The standard InChI is InChI=1S/C32H20/c1-3-11-21(12-4-1)23-19-20-28-24-15-7-8-16-25(24)30-27-18-10-9-17-26(27)29(31(23)32(28)30)22-13-5-2-6-14-22/h1-20H. The Bertz CT molecular complexity index is 1640. The topological polar surface area (TPSA) is 0 Å². The van der Waals surface area contributed by atoms with E-state index < -0.39 is 0 Å². The van der Waals surface area contributed by atoms with Crippen LogP contribution in [0.1, 0.15) is 0 Å². The normalized spacial score (nSPS) is 11.8. The van der Waals surface area contributed by atoms with E-state index in [1.807, 2.05) is 0 Å². The van der Waals surface area contributed by atoms with Crippen molar-refractivity contribution in [3.05, 3.63) is 121 Å². The van der Waals surface area contributed by atoms with Crippen LogP contribution in [-0.2, 0) is 0 Å². The summed E-state index contributed by atoms with van der Waals surface area (Å²) in [5.41, 5.74) is 10.5. The van der Waals surface area contributed by atoms with Crippen LogP contribution in [0.25, 0.3) is 66.1 Å². The van der Waals surface area contributed by atoms with Gasteiger partial charge in [-0.3, -0.25) is 0 Å². The molecule has 0 heteroatoms. The summed E-state index contributed by atoms with van der Waals surface area (Å²) < 4.78 is 0. The lowest BCUT2D eigenvalue weighted by molar-refractivity contribution is 1.64. The van der Waals surface area contributed by atoms with Crippen LogP contribution in [0.2, 0.25) is 0 Å². The van der Waals surface area contributed by atoms with Gasteiger partial charge in [-0.2, -0.15) is 0 Å². The summed E-state index contributed by atoms with van der Waals surface area (Å²) in [6.45, 7) is 0.